The van der Waals surface area contributed by atoms with E-state index in [1.807, 2.05) is 0 Å². The fraction of sp³-hybridized carbons (Fsp3) is 0.882. The summed E-state index contributed by atoms with van der Waals surface area (Å²) in [6, 6.07) is 0. The molecule has 1 spiro atoms. The van der Waals surface area contributed by atoms with Crippen molar-refractivity contribution >= 4 is 0 Å². The Balaban J connectivity index is 1.75. The van der Waals surface area contributed by atoms with E-state index in [-0.39, 0.29) is 5.60 Å². The summed E-state index contributed by atoms with van der Waals surface area (Å²) >= 11 is 0. The quantitative estimate of drug-likeness (QED) is 0.599. The summed E-state index contributed by atoms with van der Waals surface area (Å²) in [6.45, 7) is 11.6. The summed E-state index contributed by atoms with van der Waals surface area (Å²) in [5.41, 5.74) is 1.58. The maximum atomic E-state index is 6.01. The van der Waals surface area contributed by atoms with Crippen LogP contribution in [0.3, 0.4) is 0 Å². The Bertz CT molecular complexity index is 319. The molecule has 2 atom stereocenters. The second-order valence-corrected chi connectivity index (χ2v) is 6.86. The molecule has 3 nitrogen and oxygen atoms in total. The predicted octanol–water partition coefficient (Wildman–Crippen LogP) is 3.15. The van der Waals surface area contributed by atoms with E-state index in [2.05, 4.69) is 32.2 Å². The zero-order chi connectivity index (χ0) is 14.4. The van der Waals surface area contributed by atoms with Crippen LogP contribution in [0.2, 0.25) is 0 Å². The highest BCUT2D eigenvalue weighted by molar-refractivity contribution is 5.08. The topological polar surface area (TPSA) is 30.5 Å². The van der Waals surface area contributed by atoms with Crippen molar-refractivity contribution in [2.24, 2.45) is 11.8 Å². The van der Waals surface area contributed by atoms with Crippen molar-refractivity contribution in [2.45, 2.75) is 52.1 Å². The Hall–Kier alpha value is -0.380. The van der Waals surface area contributed by atoms with Crippen molar-refractivity contribution < 1.29 is 9.47 Å². The number of ether oxygens (including phenoxy) is 2. The standard InChI is InChI=1S/C17H31NO2/c1-14(2)12-18-8-4-5-15(3)16-6-9-20-17(11-16)7-10-19-13-17/h5,14,16,18H,4,6-13H2,1-3H3/b15-5-. The number of nitrogens with one attached hydrogen (secondary N) is 1. The summed E-state index contributed by atoms with van der Waals surface area (Å²) in [5.74, 6) is 1.42. The third-order valence-corrected chi connectivity index (χ3v) is 4.54. The summed E-state index contributed by atoms with van der Waals surface area (Å²) in [7, 11) is 0. The molecule has 2 unspecified atom stereocenters. The second-order valence-electron chi connectivity index (χ2n) is 6.86. The van der Waals surface area contributed by atoms with E-state index in [1.54, 1.807) is 5.57 Å². The predicted molar refractivity (Wildman–Crippen MR) is 82.9 cm³/mol. The summed E-state index contributed by atoms with van der Waals surface area (Å²) in [4.78, 5) is 0. The van der Waals surface area contributed by atoms with Crippen LogP contribution in [0, 0.1) is 11.8 Å². The highest BCUT2D eigenvalue weighted by Crippen LogP contribution is 2.38. The monoisotopic (exact) mass is 281 g/mol. The van der Waals surface area contributed by atoms with E-state index >= 15 is 0 Å². The Morgan fingerprint density at radius 2 is 2.25 bits per heavy atom. The minimum absolute atomic E-state index is 0.0356. The van der Waals surface area contributed by atoms with Crippen molar-refractivity contribution in [3.05, 3.63) is 11.6 Å². The van der Waals surface area contributed by atoms with Gasteiger partial charge in [0.1, 0.15) is 0 Å². The van der Waals surface area contributed by atoms with Gasteiger partial charge in [-0.3, -0.25) is 0 Å². The van der Waals surface area contributed by atoms with Crippen LogP contribution in [0.1, 0.15) is 46.5 Å². The fourth-order valence-electron chi connectivity index (χ4n) is 3.24. The Morgan fingerprint density at radius 3 is 2.95 bits per heavy atom. The minimum atomic E-state index is 0.0356. The van der Waals surface area contributed by atoms with E-state index in [0.717, 1.165) is 58.1 Å². The maximum absolute atomic E-state index is 6.01. The average Bonchev–Trinajstić information content (AvgIpc) is 2.86. The first kappa shape index (κ1) is 16.0. The van der Waals surface area contributed by atoms with Crippen molar-refractivity contribution in [1.29, 1.82) is 0 Å². The first-order chi connectivity index (χ1) is 9.61. The molecular formula is C17H31NO2. The smallest absolute Gasteiger partial charge is 0.0942 e. The number of rotatable bonds is 6. The van der Waals surface area contributed by atoms with Gasteiger partial charge < -0.3 is 14.8 Å². The molecule has 2 fully saturated rings. The molecule has 2 saturated heterocycles. The van der Waals surface area contributed by atoms with E-state index < -0.39 is 0 Å². The van der Waals surface area contributed by atoms with Crippen molar-refractivity contribution in [3.8, 4) is 0 Å². The molecule has 0 aromatic heterocycles. The van der Waals surface area contributed by atoms with E-state index in [9.17, 15) is 0 Å². The lowest BCUT2D eigenvalue weighted by atomic mass is 9.81. The number of allylic oxidation sites excluding steroid dienone is 1. The minimum Gasteiger partial charge on any atom is -0.378 e. The van der Waals surface area contributed by atoms with Gasteiger partial charge in [-0.2, -0.15) is 0 Å². The molecule has 3 heteroatoms. The molecule has 0 bridgehead atoms. The van der Waals surface area contributed by atoms with E-state index in [1.165, 1.54) is 6.42 Å². The number of hydrogen-bond acceptors (Lipinski definition) is 3. The van der Waals surface area contributed by atoms with E-state index in [0.29, 0.717) is 5.92 Å². The van der Waals surface area contributed by atoms with Gasteiger partial charge in [0.2, 0.25) is 0 Å². The van der Waals surface area contributed by atoms with Crippen LogP contribution in [-0.2, 0) is 9.47 Å². The molecule has 20 heavy (non-hydrogen) atoms. The molecule has 2 heterocycles. The van der Waals surface area contributed by atoms with Crippen molar-refractivity contribution in [3.63, 3.8) is 0 Å². The van der Waals surface area contributed by atoms with Crippen LogP contribution in [0.4, 0.5) is 0 Å². The van der Waals surface area contributed by atoms with Crippen LogP contribution < -0.4 is 5.32 Å². The van der Waals surface area contributed by atoms with Crippen molar-refractivity contribution in [1.82, 2.24) is 5.32 Å². The largest absolute Gasteiger partial charge is 0.378 e. The van der Waals surface area contributed by atoms with Gasteiger partial charge in [-0.15, -0.1) is 0 Å². The zero-order valence-corrected chi connectivity index (χ0v) is 13.4. The average molecular weight is 281 g/mol. The zero-order valence-electron chi connectivity index (χ0n) is 13.4. The summed E-state index contributed by atoms with van der Waals surface area (Å²) < 4.78 is 11.6. The van der Waals surface area contributed by atoms with Gasteiger partial charge in [-0.25, -0.2) is 0 Å². The SMILES string of the molecule is C/C(=C/CCNCC(C)C)C1CCOC2(CCOC2)C1. The molecule has 2 aliphatic rings. The third kappa shape index (κ3) is 4.57. The summed E-state index contributed by atoms with van der Waals surface area (Å²) in [5, 5.41) is 3.50. The molecular weight excluding hydrogens is 250 g/mol. The highest BCUT2D eigenvalue weighted by atomic mass is 16.6. The van der Waals surface area contributed by atoms with Gasteiger partial charge in [0.25, 0.3) is 0 Å². The van der Waals surface area contributed by atoms with Gasteiger partial charge in [-0.05, 0) is 51.1 Å². The molecule has 1 N–H and O–H groups in total. The molecule has 116 valence electrons. The lowest BCUT2D eigenvalue weighted by molar-refractivity contribution is -0.0925. The molecule has 0 radical (unpaired) electrons. The van der Waals surface area contributed by atoms with E-state index in [4.69, 9.17) is 9.47 Å². The molecule has 0 aromatic rings. The van der Waals surface area contributed by atoms with Gasteiger partial charge in [-0.1, -0.05) is 25.5 Å². The van der Waals surface area contributed by atoms with Gasteiger partial charge >= 0.3 is 0 Å². The van der Waals surface area contributed by atoms with Gasteiger partial charge in [0.15, 0.2) is 0 Å². The molecule has 2 aliphatic heterocycles. The molecule has 0 aromatic carbocycles. The van der Waals surface area contributed by atoms with Crippen LogP contribution in [0.5, 0.6) is 0 Å². The Morgan fingerprint density at radius 1 is 1.40 bits per heavy atom. The van der Waals surface area contributed by atoms with Crippen LogP contribution >= 0.6 is 0 Å². The Kier molecular flexibility index (Phi) is 6.06. The van der Waals surface area contributed by atoms with Crippen LogP contribution in [0.25, 0.3) is 0 Å². The molecule has 0 saturated carbocycles. The second kappa shape index (κ2) is 7.58. The maximum Gasteiger partial charge on any atom is 0.0942 e. The fourth-order valence-corrected chi connectivity index (χ4v) is 3.24. The van der Waals surface area contributed by atoms with Crippen LogP contribution in [0.15, 0.2) is 11.6 Å². The molecule has 0 aliphatic carbocycles. The molecule has 2 rings (SSSR count). The van der Waals surface area contributed by atoms with Gasteiger partial charge in [0, 0.05) is 19.6 Å². The Labute approximate surface area is 124 Å². The van der Waals surface area contributed by atoms with Crippen LogP contribution in [-0.4, -0.2) is 38.5 Å². The first-order valence-electron chi connectivity index (χ1n) is 8.20. The lowest BCUT2D eigenvalue weighted by Crippen LogP contribution is -2.40. The third-order valence-electron chi connectivity index (χ3n) is 4.54. The van der Waals surface area contributed by atoms with Crippen molar-refractivity contribution in [2.75, 3.05) is 32.9 Å². The lowest BCUT2D eigenvalue weighted by Gasteiger charge is -2.37. The summed E-state index contributed by atoms with van der Waals surface area (Å²) in [6.07, 6.45) is 6.96. The first-order valence-corrected chi connectivity index (χ1v) is 8.20. The molecule has 0 amide bonds. The highest BCUT2D eigenvalue weighted by Gasteiger charge is 2.41. The normalized spacial score (nSPS) is 31.4. The van der Waals surface area contributed by atoms with Gasteiger partial charge in [0.05, 0.1) is 12.2 Å². The number of hydrogen-bond donors (Lipinski definition) is 1.